The number of nitrogens with one attached hydrogen (secondary N) is 1. The standard InChI is InChI=1S/C17H18BrN3O2/c1-21(14-6-3-2-4-7-14)17(23)9-5-8-16(22)20-15-11-10-13(18)12-19-15/h2-4,6-7,10-12H,5,8-9H2,1H3,(H,19,20,22). The monoisotopic (exact) mass is 375 g/mol. The zero-order valence-corrected chi connectivity index (χ0v) is 14.4. The van der Waals surface area contributed by atoms with E-state index in [2.05, 4.69) is 26.2 Å². The molecule has 1 aromatic carbocycles. The summed E-state index contributed by atoms with van der Waals surface area (Å²) in [7, 11) is 1.74. The van der Waals surface area contributed by atoms with E-state index >= 15 is 0 Å². The molecule has 0 unspecified atom stereocenters. The van der Waals surface area contributed by atoms with Gasteiger partial charge in [0.1, 0.15) is 5.82 Å². The van der Waals surface area contributed by atoms with E-state index in [-0.39, 0.29) is 18.2 Å². The maximum atomic E-state index is 12.1. The summed E-state index contributed by atoms with van der Waals surface area (Å²) in [6.45, 7) is 0. The van der Waals surface area contributed by atoms with Crippen LogP contribution in [0.5, 0.6) is 0 Å². The first-order valence-corrected chi connectivity index (χ1v) is 8.08. The third kappa shape index (κ3) is 5.49. The molecule has 0 aliphatic carbocycles. The predicted octanol–water partition coefficient (Wildman–Crippen LogP) is 3.62. The average Bonchev–Trinajstić information content (AvgIpc) is 2.57. The summed E-state index contributed by atoms with van der Waals surface area (Å²) in [5.74, 6) is 0.353. The van der Waals surface area contributed by atoms with E-state index in [1.54, 1.807) is 30.3 Å². The number of hydrogen-bond donors (Lipinski definition) is 1. The van der Waals surface area contributed by atoms with Crippen LogP contribution in [0.25, 0.3) is 0 Å². The zero-order valence-electron chi connectivity index (χ0n) is 12.8. The van der Waals surface area contributed by atoms with Crippen molar-refractivity contribution in [3.8, 4) is 0 Å². The van der Waals surface area contributed by atoms with Crippen LogP contribution in [-0.2, 0) is 9.59 Å². The van der Waals surface area contributed by atoms with Crippen LogP contribution in [0.2, 0.25) is 0 Å². The molecule has 23 heavy (non-hydrogen) atoms. The molecule has 6 heteroatoms. The van der Waals surface area contributed by atoms with Gasteiger partial charge in [-0.25, -0.2) is 4.98 Å². The Hall–Kier alpha value is -2.21. The maximum absolute atomic E-state index is 12.1. The van der Waals surface area contributed by atoms with Crippen molar-refractivity contribution in [1.82, 2.24) is 4.98 Å². The van der Waals surface area contributed by atoms with Gasteiger partial charge in [-0.05, 0) is 46.6 Å². The van der Waals surface area contributed by atoms with Crippen molar-refractivity contribution < 1.29 is 9.59 Å². The first-order valence-electron chi connectivity index (χ1n) is 7.29. The van der Waals surface area contributed by atoms with Gasteiger partial charge in [0.25, 0.3) is 0 Å². The maximum Gasteiger partial charge on any atom is 0.226 e. The second-order valence-electron chi connectivity index (χ2n) is 5.05. The molecular weight excluding hydrogens is 358 g/mol. The fourth-order valence-electron chi connectivity index (χ4n) is 2.02. The van der Waals surface area contributed by atoms with Crippen molar-refractivity contribution in [3.63, 3.8) is 0 Å². The summed E-state index contributed by atoms with van der Waals surface area (Å²) in [5.41, 5.74) is 0.848. The summed E-state index contributed by atoms with van der Waals surface area (Å²) >= 11 is 3.28. The van der Waals surface area contributed by atoms with Crippen LogP contribution in [0.3, 0.4) is 0 Å². The second-order valence-corrected chi connectivity index (χ2v) is 5.97. The van der Waals surface area contributed by atoms with Gasteiger partial charge in [0.15, 0.2) is 0 Å². The molecule has 1 heterocycles. The summed E-state index contributed by atoms with van der Waals surface area (Å²) < 4.78 is 0.852. The van der Waals surface area contributed by atoms with E-state index < -0.39 is 0 Å². The van der Waals surface area contributed by atoms with Crippen molar-refractivity contribution in [2.75, 3.05) is 17.3 Å². The number of carbonyl (C=O) groups is 2. The number of hydrogen-bond acceptors (Lipinski definition) is 3. The average molecular weight is 376 g/mol. The predicted molar refractivity (Wildman–Crippen MR) is 94.3 cm³/mol. The lowest BCUT2D eigenvalue weighted by atomic mass is 10.2. The molecule has 5 nitrogen and oxygen atoms in total. The largest absolute Gasteiger partial charge is 0.316 e. The highest BCUT2D eigenvalue weighted by molar-refractivity contribution is 9.10. The van der Waals surface area contributed by atoms with Crippen LogP contribution in [0.15, 0.2) is 53.1 Å². The van der Waals surface area contributed by atoms with E-state index in [4.69, 9.17) is 0 Å². The van der Waals surface area contributed by atoms with Crippen LogP contribution in [-0.4, -0.2) is 23.8 Å². The molecule has 0 bridgehead atoms. The third-order valence-corrected chi connectivity index (χ3v) is 3.78. The third-order valence-electron chi connectivity index (χ3n) is 3.31. The number of anilines is 2. The molecule has 0 radical (unpaired) electrons. The number of rotatable bonds is 6. The zero-order chi connectivity index (χ0) is 16.7. The Bertz CT molecular complexity index is 659. The molecular formula is C17H18BrN3O2. The number of carbonyl (C=O) groups excluding carboxylic acids is 2. The highest BCUT2D eigenvalue weighted by Crippen LogP contribution is 2.14. The van der Waals surface area contributed by atoms with Gasteiger partial charge < -0.3 is 10.2 Å². The molecule has 0 aliphatic heterocycles. The topological polar surface area (TPSA) is 62.3 Å². The SMILES string of the molecule is CN(C(=O)CCCC(=O)Nc1ccc(Br)cn1)c1ccccc1. The van der Waals surface area contributed by atoms with E-state index in [1.807, 2.05) is 30.3 Å². The Balaban J connectivity index is 1.74. The minimum Gasteiger partial charge on any atom is -0.316 e. The number of pyridine rings is 1. The first-order chi connectivity index (χ1) is 11.1. The van der Waals surface area contributed by atoms with Crippen LogP contribution < -0.4 is 10.2 Å². The fourth-order valence-corrected chi connectivity index (χ4v) is 2.25. The summed E-state index contributed by atoms with van der Waals surface area (Å²) in [6, 6.07) is 13.0. The molecule has 2 aromatic rings. The second kappa shape index (κ2) is 8.43. The molecule has 0 aliphatic rings. The smallest absolute Gasteiger partial charge is 0.226 e. The lowest BCUT2D eigenvalue weighted by Gasteiger charge is -2.17. The quantitative estimate of drug-likeness (QED) is 0.838. The summed E-state index contributed by atoms with van der Waals surface area (Å²) in [5, 5.41) is 2.71. The Labute approximate surface area is 143 Å². The molecule has 1 aromatic heterocycles. The number of para-hydroxylation sites is 1. The summed E-state index contributed by atoms with van der Waals surface area (Å²) in [4.78, 5) is 29.6. The molecule has 0 saturated heterocycles. The molecule has 2 rings (SSSR count). The van der Waals surface area contributed by atoms with E-state index in [0.717, 1.165) is 10.2 Å². The number of aromatic nitrogens is 1. The Morgan fingerprint density at radius 3 is 2.52 bits per heavy atom. The van der Waals surface area contributed by atoms with Crippen LogP contribution >= 0.6 is 15.9 Å². The number of halogens is 1. The lowest BCUT2D eigenvalue weighted by Crippen LogP contribution is -2.26. The van der Waals surface area contributed by atoms with E-state index in [0.29, 0.717) is 18.7 Å². The first kappa shape index (κ1) is 17.1. The van der Waals surface area contributed by atoms with Crippen LogP contribution in [0.1, 0.15) is 19.3 Å². The molecule has 2 amide bonds. The molecule has 0 saturated carbocycles. The molecule has 0 atom stereocenters. The summed E-state index contributed by atoms with van der Waals surface area (Å²) in [6.07, 6.45) is 2.73. The van der Waals surface area contributed by atoms with Crippen molar-refractivity contribution in [3.05, 3.63) is 53.1 Å². The van der Waals surface area contributed by atoms with Crippen molar-refractivity contribution in [1.29, 1.82) is 0 Å². The van der Waals surface area contributed by atoms with Gasteiger partial charge >= 0.3 is 0 Å². The van der Waals surface area contributed by atoms with Gasteiger partial charge in [0.05, 0.1) is 0 Å². The molecule has 0 fully saturated rings. The lowest BCUT2D eigenvalue weighted by molar-refractivity contribution is -0.118. The van der Waals surface area contributed by atoms with Gasteiger partial charge in [0, 0.05) is 36.2 Å². The fraction of sp³-hybridized carbons (Fsp3) is 0.235. The Morgan fingerprint density at radius 2 is 1.87 bits per heavy atom. The highest BCUT2D eigenvalue weighted by Gasteiger charge is 2.11. The minimum atomic E-state index is -0.144. The van der Waals surface area contributed by atoms with Crippen LogP contribution in [0, 0.1) is 0 Å². The van der Waals surface area contributed by atoms with Gasteiger partial charge in [-0.1, -0.05) is 18.2 Å². The molecule has 0 spiro atoms. The normalized spacial score (nSPS) is 10.2. The molecule has 120 valence electrons. The Kier molecular flexibility index (Phi) is 6.29. The van der Waals surface area contributed by atoms with Gasteiger partial charge in [0.2, 0.25) is 11.8 Å². The van der Waals surface area contributed by atoms with Crippen LogP contribution in [0.4, 0.5) is 11.5 Å². The molecule has 1 N–H and O–H groups in total. The van der Waals surface area contributed by atoms with Crippen molar-refractivity contribution >= 4 is 39.2 Å². The van der Waals surface area contributed by atoms with Gasteiger partial charge in [-0.15, -0.1) is 0 Å². The number of benzene rings is 1. The van der Waals surface area contributed by atoms with Crippen molar-refractivity contribution in [2.24, 2.45) is 0 Å². The van der Waals surface area contributed by atoms with E-state index in [1.165, 1.54) is 0 Å². The van der Waals surface area contributed by atoms with Crippen molar-refractivity contribution in [2.45, 2.75) is 19.3 Å². The number of nitrogens with zero attached hydrogens (tertiary/aromatic N) is 2. The number of amides is 2. The van der Waals surface area contributed by atoms with E-state index in [9.17, 15) is 9.59 Å². The highest BCUT2D eigenvalue weighted by atomic mass is 79.9. The van der Waals surface area contributed by atoms with Gasteiger partial charge in [-0.3, -0.25) is 9.59 Å². The minimum absolute atomic E-state index is 0.00855. The van der Waals surface area contributed by atoms with Gasteiger partial charge in [-0.2, -0.15) is 0 Å². The Morgan fingerprint density at radius 1 is 1.13 bits per heavy atom.